The van der Waals surface area contributed by atoms with Crippen LogP contribution in [0.25, 0.3) is 15.5 Å². The van der Waals surface area contributed by atoms with Crippen molar-refractivity contribution < 1.29 is 4.74 Å². The van der Waals surface area contributed by atoms with Gasteiger partial charge in [0.1, 0.15) is 11.6 Å². The number of thiophene rings is 2. The molecule has 1 aliphatic heterocycles. The molecule has 1 atom stereocenters. The first-order valence-electron chi connectivity index (χ1n) is 10.9. The third-order valence-electron chi connectivity index (χ3n) is 5.75. The molecule has 0 spiro atoms. The molecule has 3 heterocycles. The third-order valence-corrected chi connectivity index (χ3v) is 8.18. The monoisotopic (exact) mass is 483 g/mol. The first-order chi connectivity index (χ1) is 16.4. The number of anilines is 1. The minimum atomic E-state index is -0.831. The van der Waals surface area contributed by atoms with Gasteiger partial charge in [-0.3, -0.25) is 0 Å². The van der Waals surface area contributed by atoms with Gasteiger partial charge in [0.2, 0.25) is 0 Å². The van der Waals surface area contributed by atoms with Gasteiger partial charge in [0.15, 0.2) is 11.4 Å². The molecule has 2 aromatic heterocycles. The van der Waals surface area contributed by atoms with E-state index in [1.807, 2.05) is 49.4 Å². The van der Waals surface area contributed by atoms with Crippen molar-refractivity contribution in [2.45, 2.75) is 25.9 Å². The molecule has 0 fully saturated rings. The number of fused-ring (bicyclic) bond motifs is 1. The molecule has 0 N–H and O–H groups in total. The molecular formula is C28H25N3OS2. The lowest BCUT2D eigenvalue weighted by Crippen LogP contribution is -2.23. The Labute approximate surface area is 208 Å². The molecule has 4 rings (SSSR count). The Morgan fingerprint density at radius 3 is 2.41 bits per heavy atom. The Hall–Kier alpha value is -3.58. The maximum absolute atomic E-state index is 9.90. The molecule has 1 unspecified atom stereocenters. The van der Waals surface area contributed by atoms with E-state index in [1.54, 1.807) is 29.6 Å². The van der Waals surface area contributed by atoms with Crippen LogP contribution in [0.2, 0.25) is 0 Å². The lowest BCUT2D eigenvalue weighted by atomic mass is 9.86. The van der Waals surface area contributed by atoms with Crippen LogP contribution < -0.4 is 4.90 Å². The fourth-order valence-electron chi connectivity index (χ4n) is 3.90. The van der Waals surface area contributed by atoms with E-state index >= 15 is 0 Å². The maximum Gasteiger partial charge on any atom is 0.158 e. The van der Waals surface area contributed by atoms with Gasteiger partial charge in [0.25, 0.3) is 0 Å². The minimum Gasteiger partial charge on any atom is -0.476 e. The van der Waals surface area contributed by atoms with E-state index in [0.717, 1.165) is 17.6 Å². The first-order valence-corrected chi connectivity index (χ1v) is 12.5. The van der Waals surface area contributed by atoms with Gasteiger partial charge in [-0.2, -0.15) is 10.5 Å². The number of hydrogen-bond donors (Lipinski definition) is 0. The molecule has 0 saturated carbocycles. The number of allylic oxidation sites excluding steroid dienone is 4. The molecule has 0 amide bonds. The minimum absolute atomic E-state index is 0.363. The first kappa shape index (κ1) is 23.6. The van der Waals surface area contributed by atoms with E-state index in [2.05, 4.69) is 55.4 Å². The highest BCUT2D eigenvalue weighted by Gasteiger charge is 2.43. The molecule has 170 valence electrons. The summed E-state index contributed by atoms with van der Waals surface area (Å²) in [5.74, 6) is 0.363. The number of rotatable bonds is 6. The van der Waals surface area contributed by atoms with E-state index in [4.69, 9.17) is 4.74 Å². The molecule has 3 aromatic rings. The van der Waals surface area contributed by atoms with Gasteiger partial charge in [0, 0.05) is 33.9 Å². The summed E-state index contributed by atoms with van der Waals surface area (Å²) in [4.78, 5) is 3.36. The Morgan fingerprint density at radius 1 is 1.06 bits per heavy atom. The van der Waals surface area contributed by atoms with Gasteiger partial charge >= 0.3 is 0 Å². The van der Waals surface area contributed by atoms with Gasteiger partial charge in [-0.25, -0.2) is 0 Å². The molecule has 1 aliphatic rings. The zero-order chi connectivity index (χ0) is 24.3. The molecule has 0 bridgehead atoms. The smallest absolute Gasteiger partial charge is 0.158 e. The second kappa shape index (κ2) is 9.73. The van der Waals surface area contributed by atoms with Gasteiger partial charge in [0.05, 0.1) is 16.6 Å². The Balaban J connectivity index is 1.58. The average molecular weight is 484 g/mol. The van der Waals surface area contributed by atoms with Crippen LogP contribution in [0.5, 0.6) is 0 Å². The van der Waals surface area contributed by atoms with E-state index < -0.39 is 5.60 Å². The molecule has 6 heteroatoms. The van der Waals surface area contributed by atoms with Crippen molar-refractivity contribution in [1.29, 1.82) is 10.5 Å². The molecule has 1 aromatic carbocycles. The molecule has 34 heavy (non-hydrogen) atoms. The number of hydrogen-bond acceptors (Lipinski definition) is 6. The molecular weight excluding hydrogens is 458 g/mol. The standard InChI is InChI=1S/C28H25N3OS2/c1-19(17-29)27-22(18-30)23(28(2,32-27)20-11-7-5-8-12-20)14-10-6-9-13-21-15-24-25(33-21)16-26(34-24)31(3)4/h5,7-16H,6H2,1-4H3/b13-9+,14-10+,27-19-. The lowest BCUT2D eigenvalue weighted by molar-refractivity contribution is 0.0749. The molecule has 4 nitrogen and oxygen atoms in total. The van der Waals surface area contributed by atoms with Crippen LogP contribution in [-0.2, 0) is 10.3 Å². The SMILES string of the molecule is C/C(C#N)=C1/OC(C)(c2ccccc2)C(/C=C/C/C=C/c2cc3sc(N(C)C)cc3s2)=C1C#N. The number of nitriles is 2. The van der Waals surface area contributed by atoms with Crippen molar-refractivity contribution in [3.63, 3.8) is 0 Å². The van der Waals surface area contributed by atoms with Crippen LogP contribution in [0.15, 0.2) is 83.2 Å². The van der Waals surface area contributed by atoms with E-state index in [0.29, 0.717) is 16.9 Å². The summed E-state index contributed by atoms with van der Waals surface area (Å²) in [7, 11) is 4.13. The highest BCUT2D eigenvalue weighted by atomic mass is 32.1. The van der Waals surface area contributed by atoms with Crippen LogP contribution in [0.1, 0.15) is 30.7 Å². The van der Waals surface area contributed by atoms with Gasteiger partial charge < -0.3 is 9.64 Å². The largest absolute Gasteiger partial charge is 0.476 e. The summed E-state index contributed by atoms with van der Waals surface area (Å²) < 4.78 is 8.89. The van der Waals surface area contributed by atoms with Crippen LogP contribution in [0, 0.1) is 22.7 Å². The second-order valence-electron chi connectivity index (χ2n) is 8.36. The highest BCUT2D eigenvalue weighted by Crippen LogP contribution is 2.46. The van der Waals surface area contributed by atoms with Crippen molar-refractivity contribution in [3.05, 3.63) is 93.6 Å². The zero-order valence-corrected chi connectivity index (χ0v) is 21.3. The van der Waals surface area contributed by atoms with Crippen LogP contribution in [0.3, 0.4) is 0 Å². The summed E-state index contributed by atoms with van der Waals surface area (Å²) >= 11 is 3.59. The van der Waals surface area contributed by atoms with Crippen molar-refractivity contribution in [1.82, 2.24) is 0 Å². The zero-order valence-electron chi connectivity index (χ0n) is 19.6. The molecule has 0 radical (unpaired) electrons. The van der Waals surface area contributed by atoms with Gasteiger partial charge in [-0.15, -0.1) is 22.7 Å². The maximum atomic E-state index is 9.90. The predicted molar refractivity (Wildman–Crippen MR) is 143 cm³/mol. The summed E-state index contributed by atoms with van der Waals surface area (Å²) in [5.41, 5.74) is 1.70. The van der Waals surface area contributed by atoms with Gasteiger partial charge in [-0.1, -0.05) is 48.6 Å². The average Bonchev–Trinajstić information content (AvgIpc) is 3.49. The predicted octanol–water partition coefficient (Wildman–Crippen LogP) is 7.55. The Bertz CT molecular complexity index is 1390. The lowest BCUT2D eigenvalue weighted by Gasteiger charge is -2.27. The summed E-state index contributed by atoms with van der Waals surface area (Å²) in [5, 5.41) is 20.6. The van der Waals surface area contributed by atoms with Crippen molar-refractivity contribution >= 4 is 43.2 Å². The number of nitrogens with zero attached hydrogens (tertiary/aromatic N) is 3. The fraction of sp³-hybridized carbons (Fsp3) is 0.214. The number of ether oxygens (including phenoxy) is 1. The Morgan fingerprint density at radius 2 is 1.76 bits per heavy atom. The third kappa shape index (κ3) is 4.43. The molecule has 0 saturated heterocycles. The van der Waals surface area contributed by atoms with Crippen molar-refractivity contribution in [3.8, 4) is 12.1 Å². The van der Waals surface area contributed by atoms with Crippen molar-refractivity contribution in [2.24, 2.45) is 0 Å². The van der Waals surface area contributed by atoms with Crippen LogP contribution >= 0.6 is 22.7 Å². The summed E-state index contributed by atoms with van der Waals surface area (Å²) in [6, 6.07) is 18.7. The quantitative estimate of drug-likeness (QED) is 0.340. The Kier molecular flexibility index (Phi) is 6.75. The topological polar surface area (TPSA) is 60.0 Å². The number of benzene rings is 1. The van der Waals surface area contributed by atoms with E-state index in [9.17, 15) is 10.5 Å². The fourth-order valence-corrected chi connectivity index (χ4v) is 6.16. The summed E-state index contributed by atoms with van der Waals surface area (Å²) in [6.45, 7) is 3.63. The highest BCUT2D eigenvalue weighted by molar-refractivity contribution is 7.30. The van der Waals surface area contributed by atoms with Crippen LogP contribution in [0.4, 0.5) is 5.00 Å². The second-order valence-corrected chi connectivity index (χ2v) is 10.5. The molecule has 0 aliphatic carbocycles. The van der Waals surface area contributed by atoms with Gasteiger partial charge in [-0.05, 0) is 44.0 Å². The summed E-state index contributed by atoms with van der Waals surface area (Å²) in [6.07, 6.45) is 8.99. The van der Waals surface area contributed by atoms with Crippen LogP contribution in [-0.4, -0.2) is 14.1 Å². The van der Waals surface area contributed by atoms with E-state index in [1.165, 1.54) is 19.3 Å². The normalized spacial score (nSPS) is 19.6. The van der Waals surface area contributed by atoms with E-state index in [-0.39, 0.29) is 0 Å². The van der Waals surface area contributed by atoms with Crippen molar-refractivity contribution in [2.75, 3.05) is 19.0 Å².